The van der Waals surface area contributed by atoms with Gasteiger partial charge in [-0.15, -0.1) is 11.3 Å². The second kappa shape index (κ2) is 7.53. The molecule has 0 radical (unpaired) electrons. The van der Waals surface area contributed by atoms with Crippen LogP contribution in [0.2, 0.25) is 0 Å². The number of furan rings is 1. The van der Waals surface area contributed by atoms with Gasteiger partial charge >= 0.3 is 0 Å². The molecule has 6 heteroatoms. The van der Waals surface area contributed by atoms with E-state index in [4.69, 9.17) is 4.42 Å². The van der Waals surface area contributed by atoms with Gasteiger partial charge < -0.3 is 9.73 Å². The zero-order valence-corrected chi connectivity index (χ0v) is 17.2. The molecular formula is C20H29N3O2S. The summed E-state index contributed by atoms with van der Waals surface area (Å²) >= 11 is 1.50. The first kappa shape index (κ1) is 19.1. The fourth-order valence-electron chi connectivity index (χ4n) is 3.29. The number of nitrogens with one attached hydrogen (secondary N) is 1. The Morgan fingerprint density at radius 2 is 2.00 bits per heavy atom. The molecule has 0 aliphatic carbocycles. The molecule has 0 saturated carbocycles. The van der Waals surface area contributed by atoms with Crippen LogP contribution in [0.5, 0.6) is 0 Å². The van der Waals surface area contributed by atoms with Gasteiger partial charge in [0.05, 0.1) is 16.7 Å². The molecule has 1 atom stereocenters. The van der Waals surface area contributed by atoms with Crippen molar-refractivity contribution in [3.05, 3.63) is 39.2 Å². The van der Waals surface area contributed by atoms with Gasteiger partial charge in [-0.05, 0) is 51.9 Å². The molecular weight excluding hydrogens is 346 g/mol. The van der Waals surface area contributed by atoms with Gasteiger partial charge in [-0.1, -0.05) is 20.8 Å². The minimum absolute atomic E-state index is 0.0389. The molecule has 0 bridgehead atoms. The number of thiazole rings is 1. The predicted octanol–water partition coefficient (Wildman–Crippen LogP) is 4.22. The van der Waals surface area contributed by atoms with Crippen LogP contribution in [-0.2, 0) is 5.41 Å². The Hall–Kier alpha value is -1.66. The number of aromatic nitrogens is 1. The average Bonchev–Trinajstić information content (AvgIpc) is 3.28. The van der Waals surface area contributed by atoms with Crippen molar-refractivity contribution in [1.29, 1.82) is 0 Å². The van der Waals surface area contributed by atoms with Gasteiger partial charge in [0.15, 0.2) is 0 Å². The molecule has 1 saturated heterocycles. The summed E-state index contributed by atoms with van der Waals surface area (Å²) in [6.07, 6.45) is 2.40. The van der Waals surface area contributed by atoms with Crippen molar-refractivity contribution in [2.75, 3.05) is 19.6 Å². The Morgan fingerprint density at radius 1 is 1.31 bits per heavy atom. The molecule has 0 spiro atoms. The number of carbonyl (C=O) groups excluding carboxylic acids is 1. The fraction of sp³-hybridized carbons (Fsp3) is 0.600. The lowest BCUT2D eigenvalue weighted by Crippen LogP contribution is -2.36. The number of rotatable bonds is 5. The number of aryl methyl sites for hydroxylation is 2. The molecule has 0 aromatic carbocycles. The largest absolute Gasteiger partial charge is 0.465 e. The van der Waals surface area contributed by atoms with Crippen LogP contribution in [-0.4, -0.2) is 35.4 Å². The normalized spacial score (nSPS) is 16.8. The molecule has 2 aromatic heterocycles. The molecule has 26 heavy (non-hydrogen) atoms. The minimum Gasteiger partial charge on any atom is -0.465 e. The van der Waals surface area contributed by atoms with Crippen LogP contribution in [0.15, 0.2) is 16.5 Å². The van der Waals surface area contributed by atoms with E-state index in [2.05, 4.69) is 36.0 Å². The lowest BCUT2D eigenvalue weighted by atomic mass is 9.98. The lowest BCUT2D eigenvalue weighted by Gasteiger charge is -2.26. The summed E-state index contributed by atoms with van der Waals surface area (Å²) in [5.41, 5.74) is 0.765. The van der Waals surface area contributed by atoms with Crippen LogP contribution in [0, 0.1) is 13.8 Å². The highest BCUT2D eigenvalue weighted by molar-refractivity contribution is 7.14. The smallest absolute Gasteiger partial charge is 0.263 e. The van der Waals surface area contributed by atoms with Gasteiger partial charge in [0.2, 0.25) is 0 Å². The maximum absolute atomic E-state index is 12.8. The van der Waals surface area contributed by atoms with Crippen LogP contribution in [0.25, 0.3) is 0 Å². The van der Waals surface area contributed by atoms with Gasteiger partial charge in [-0.25, -0.2) is 4.98 Å². The summed E-state index contributed by atoms with van der Waals surface area (Å²) in [7, 11) is 0. The summed E-state index contributed by atoms with van der Waals surface area (Å²) in [6.45, 7) is 12.9. The maximum atomic E-state index is 12.8. The topological polar surface area (TPSA) is 58.4 Å². The van der Waals surface area contributed by atoms with Gasteiger partial charge in [0.1, 0.15) is 16.4 Å². The van der Waals surface area contributed by atoms with E-state index in [9.17, 15) is 4.79 Å². The van der Waals surface area contributed by atoms with Crippen LogP contribution in [0.4, 0.5) is 0 Å². The van der Waals surface area contributed by atoms with Crippen LogP contribution in [0.3, 0.4) is 0 Å². The van der Waals surface area contributed by atoms with E-state index in [0.29, 0.717) is 11.4 Å². The van der Waals surface area contributed by atoms with Crippen molar-refractivity contribution in [2.24, 2.45) is 0 Å². The van der Waals surface area contributed by atoms with E-state index in [0.717, 1.165) is 35.3 Å². The van der Waals surface area contributed by atoms with Crippen molar-refractivity contribution in [3.63, 3.8) is 0 Å². The Labute approximate surface area is 159 Å². The quantitative estimate of drug-likeness (QED) is 0.850. The summed E-state index contributed by atoms with van der Waals surface area (Å²) in [4.78, 5) is 20.5. The Morgan fingerprint density at radius 3 is 2.54 bits per heavy atom. The first-order valence-corrected chi connectivity index (χ1v) is 10.1. The SMILES string of the molecule is Cc1ccc(C(CNC(=O)c2sc(C(C)(C)C)nc2C)N2CCCC2)o1. The van der Waals surface area contributed by atoms with Crippen molar-refractivity contribution in [3.8, 4) is 0 Å². The van der Waals surface area contributed by atoms with Crippen LogP contribution < -0.4 is 5.32 Å². The molecule has 1 N–H and O–H groups in total. The molecule has 1 aliphatic heterocycles. The summed E-state index contributed by atoms with van der Waals surface area (Å²) in [6, 6.07) is 4.11. The minimum atomic E-state index is -0.0439. The third-order valence-corrected chi connectivity index (χ3v) is 6.35. The Kier molecular flexibility index (Phi) is 5.53. The second-order valence-corrected chi connectivity index (χ2v) is 9.10. The highest BCUT2D eigenvalue weighted by Crippen LogP contribution is 2.30. The van der Waals surface area contributed by atoms with E-state index < -0.39 is 0 Å². The number of amides is 1. The predicted molar refractivity (Wildman–Crippen MR) is 105 cm³/mol. The average molecular weight is 376 g/mol. The summed E-state index contributed by atoms with van der Waals surface area (Å²) in [5, 5.41) is 4.12. The number of hydrogen-bond acceptors (Lipinski definition) is 5. The van der Waals surface area contributed by atoms with Crippen LogP contribution in [0.1, 0.15) is 71.5 Å². The fourth-order valence-corrected chi connectivity index (χ4v) is 4.33. The second-order valence-electron chi connectivity index (χ2n) is 8.10. The monoisotopic (exact) mass is 375 g/mol. The molecule has 1 amide bonds. The van der Waals surface area contributed by atoms with E-state index in [1.165, 1.54) is 24.2 Å². The van der Waals surface area contributed by atoms with Gasteiger partial charge in [0.25, 0.3) is 5.91 Å². The van der Waals surface area contributed by atoms with E-state index in [-0.39, 0.29) is 17.4 Å². The first-order valence-electron chi connectivity index (χ1n) is 9.32. The number of hydrogen-bond donors (Lipinski definition) is 1. The van der Waals surface area contributed by atoms with Gasteiger partial charge in [-0.2, -0.15) is 0 Å². The maximum Gasteiger partial charge on any atom is 0.263 e. The highest BCUT2D eigenvalue weighted by atomic mass is 32.1. The molecule has 5 nitrogen and oxygen atoms in total. The lowest BCUT2D eigenvalue weighted by molar-refractivity contribution is 0.0937. The van der Waals surface area contributed by atoms with E-state index in [1.807, 2.05) is 26.0 Å². The molecule has 3 heterocycles. The third kappa shape index (κ3) is 4.18. The third-order valence-electron chi connectivity index (χ3n) is 4.77. The zero-order chi connectivity index (χ0) is 18.9. The van der Waals surface area contributed by atoms with Crippen molar-refractivity contribution in [1.82, 2.24) is 15.2 Å². The Balaban J connectivity index is 1.72. The summed E-state index contributed by atoms with van der Waals surface area (Å²) in [5.74, 6) is 1.80. The molecule has 3 rings (SSSR count). The molecule has 1 unspecified atom stereocenters. The van der Waals surface area contributed by atoms with Crippen molar-refractivity contribution < 1.29 is 9.21 Å². The number of likely N-dealkylation sites (tertiary alicyclic amines) is 1. The molecule has 1 aliphatic rings. The number of carbonyl (C=O) groups is 1. The van der Waals surface area contributed by atoms with Gasteiger partial charge in [-0.3, -0.25) is 9.69 Å². The van der Waals surface area contributed by atoms with Gasteiger partial charge in [0, 0.05) is 12.0 Å². The van der Waals surface area contributed by atoms with E-state index in [1.54, 1.807) is 0 Å². The van der Waals surface area contributed by atoms with Crippen LogP contribution >= 0.6 is 11.3 Å². The zero-order valence-electron chi connectivity index (χ0n) is 16.4. The molecule has 142 valence electrons. The van der Waals surface area contributed by atoms with Crippen molar-refractivity contribution >= 4 is 17.2 Å². The first-order chi connectivity index (χ1) is 12.3. The Bertz CT molecular complexity index is 766. The van der Waals surface area contributed by atoms with E-state index >= 15 is 0 Å². The summed E-state index contributed by atoms with van der Waals surface area (Å²) < 4.78 is 5.87. The molecule has 2 aromatic rings. The van der Waals surface area contributed by atoms with Crippen molar-refractivity contribution in [2.45, 2.75) is 58.9 Å². The molecule has 1 fully saturated rings. The number of nitrogens with zero attached hydrogens (tertiary/aromatic N) is 2. The highest BCUT2D eigenvalue weighted by Gasteiger charge is 2.28. The standard InChI is InChI=1S/C20H29N3O2S/c1-13-8-9-16(25-13)15(23-10-6-7-11-23)12-21-18(24)17-14(2)22-19(26-17)20(3,4)5/h8-9,15H,6-7,10-12H2,1-5H3,(H,21,24).